The summed E-state index contributed by atoms with van der Waals surface area (Å²) in [5.74, 6) is 1.67. The molecular weight excluding hydrogens is 495 g/mol. The second-order valence-electron chi connectivity index (χ2n) is 9.83. The molecule has 0 spiro atoms. The van der Waals surface area contributed by atoms with Gasteiger partial charge < -0.3 is 15.0 Å². The molecule has 0 unspecified atom stereocenters. The molecule has 2 N–H and O–H groups in total. The number of aromatic nitrogens is 4. The number of H-pyrrole nitrogens is 1. The first-order valence-corrected chi connectivity index (χ1v) is 12.9. The molecule has 7 nitrogen and oxygen atoms in total. The average molecular weight is 525 g/mol. The van der Waals surface area contributed by atoms with E-state index >= 15 is 0 Å². The minimum Gasteiger partial charge on any atom is -0.486 e. The van der Waals surface area contributed by atoms with Crippen molar-refractivity contribution in [3.8, 4) is 17.0 Å². The number of pyridine rings is 2. The fourth-order valence-electron chi connectivity index (χ4n) is 4.82. The van der Waals surface area contributed by atoms with Gasteiger partial charge in [-0.2, -0.15) is 5.10 Å². The average Bonchev–Trinajstić information content (AvgIpc) is 3.25. The monoisotopic (exact) mass is 524 g/mol. The van der Waals surface area contributed by atoms with Crippen molar-refractivity contribution in [2.75, 3.05) is 18.0 Å². The topological polar surface area (TPSA) is 79.0 Å². The van der Waals surface area contributed by atoms with Crippen LogP contribution in [-0.2, 0) is 0 Å². The molecule has 4 heterocycles. The molecule has 1 aliphatic rings. The molecule has 3 aromatic heterocycles. The fourth-order valence-corrected chi connectivity index (χ4v) is 5.49. The Labute approximate surface area is 221 Å². The summed E-state index contributed by atoms with van der Waals surface area (Å²) in [6.45, 7) is 10.5. The van der Waals surface area contributed by atoms with Gasteiger partial charge in [0, 0.05) is 54.2 Å². The minimum atomic E-state index is -0.348. The Morgan fingerprint density at radius 3 is 2.53 bits per heavy atom. The Bertz CT molecular complexity index is 1350. The summed E-state index contributed by atoms with van der Waals surface area (Å²) in [6.07, 6.45) is 5.80. The van der Waals surface area contributed by atoms with Gasteiger partial charge >= 0.3 is 0 Å². The minimum absolute atomic E-state index is 0.131. The first kappa shape index (κ1) is 24.8. The van der Waals surface area contributed by atoms with Gasteiger partial charge in [0.25, 0.3) is 0 Å². The van der Waals surface area contributed by atoms with Crippen molar-refractivity contribution in [2.24, 2.45) is 0 Å². The van der Waals surface area contributed by atoms with Crippen LogP contribution in [0.4, 0.5) is 5.82 Å². The largest absolute Gasteiger partial charge is 0.486 e. The van der Waals surface area contributed by atoms with E-state index < -0.39 is 0 Å². The van der Waals surface area contributed by atoms with E-state index in [4.69, 9.17) is 32.9 Å². The van der Waals surface area contributed by atoms with Gasteiger partial charge in [-0.25, -0.2) is 4.98 Å². The van der Waals surface area contributed by atoms with Crippen molar-refractivity contribution in [3.05, 3.63) is 64.5 Å². The van der Waals surface area contributed by atoms with Crippen LogP contribution in [0.25, 0.3) is 22.2 Å². The number of ether oxygens (including phenoxy) is 1. The predicted octanol–water partition coefficient (Wildman–Crippen LogP) is 6.43. The summed E-state index contributed by atoms with van der Waals surface area (Å²) in [7, 11) is 0. The number of anilines is 1. The Morgan fingerprint density at radius 1 is 1.11 bits per heavy atom. The number of hydrogen-bond acceptors (Lipinski definition) is 6. The quantitative estimate of drug-likeness (QED) is 0.276. The smallest absolute Gasteiger partial charge is 0.128 e. The van der Waals surface area contributed by atoms with Crippen LogP contribution in [0.3, 0.4) is 0 Å². The van der Waals surface area contributed by atoms with Gasteiger partial charge in [-0.05, 0) is 57.5 Å². The Balaban J connectivity index is 1.33. The van der Waals surface area contributed by atoms with E-state index in [1.807, 2.05) is 31.3 Å². The summed E-state index contributed by atoms with van der Waals surface area (Å²) in [5, 5.41) is 13.3. The van der Waals surface area contributed by atoms with Gasteiger partial charge in [-0.1, -0.05) is 30.1 Å². The lowest BCUT2D eigenvalue weighted by molar-refractivity contribution is 0.227. The van der Waals surface area contributed by atoms with E-state index in [0.717, 1.165) is 47.5 Å². The highest BCUT2D eigenvalue weighted by molar-refractivity contribution is 6.35. The number of rotatable bonds is 8. The summed E-state index contributed by atoms with van der Waals surface area (Å²) in [5.41, 5.74) is 3.53. The van der Waals surface area contributed by atoms with Gasteiger partial charge in [0.1, 0.15) is 23.4 Å². The molecule has 0 radical (unpaired) electrons. The Morgan fingerprint density at radius 2 is 1.86 bits per heavy atom. The van der Waals surface area contributed by atoms with Crippen LogP contribution in [0.1, 0.15) is 45.8 Å². The Hall–Kier alpha value is -2.87. The molecule has 2 atom stereocenters. The maximum Gasteiger partial charge on any atom is 0.128 e. The number of fused-ring (bicyclic) bond motifs is 1. The van der Waals surface area contributed by atoms with Crippen LogP contribution < -0.4 is 15.0 Å². The predicted molar refractivity (Wildman–Crippen MR) is 146 cm³/mol. The highest BCUT2D eigenvalue weighted by atomic mass is 35.5. The summed E-state index contributed by atoms with van der Waals surface area (Å²) >= 11 is 12.6. The molecule has 0 saturated carbocycles. The van der Waals surface area contributed by atoms with Gasteiger partial charge in [-0.3, -0.25) is 10.1 Å². The van der Waals surface area contributed by atoms with Gasteiger partial charge in [0.05, 0.1) is 21.1 Å². The molecule has 1 fully saturated rings. The molecule has 4 aromatic rings. The van der Waals surface area contributed by atoms with Gasteiger partial charge in [-0.15, -0.1) is 0 Å². The molecule has 1 aromatic carbocycles. The van der Waals surface area contributed by atoms with E-state index in [9.17, 15) is 0 Å². The normalized spacial score (nSPS) is 16.6. The third-order valence-electron chi connectivity index (χ3n) is 6.78. The standard InChI is InChI=1S/C27H30Cl2N6O/c1-5-16(2)32-27(4)14-35(15-27)24-9-6-18(11-31-24)26-20-10-19(7-8-23(20)33-34-26)36-17(3)25-21(28)12-30-13-22(25)29/h6-13,16-17,32H,5,14-15H2,1-4H3,(H,33,34)/t16-,17+/m0/s1. The zero-order chi connectivity index (χ0) is 25.4. The molecule has 0 bridgehead atoms. The molecule has 36 heavy (non-hydrogen) atoms. The summed E-state index contributed by atoms with van der Waals surface area (Å²) in [6, 6.07) is 10.5. The second-order valence-corrected chi connectivity index (χ2v) is 10.6. The van der Waals surface area contributed by atoms with Gasteiger partial charge in [0.2, 0.25) is 0 Å². The third kappa shape index (κ3) is 4.88. The number of nitrogens with zero attached hydrogens (tertiary/aromatic N) is 4. The molecule has 188 valence electrons. The SMILES string of the molecule is CC[C@H](C)NC1(C)CN(c2ccc(-c3n[nH]c4ccc(O[C@H](C)c5c(Cl)cncc5Cl)cc34)cn2)C1. The van der Waals surface area contributed by atoms with Crippen LogP contribution in [0.15, 0.2) is 48.9 Å². The van der Waals surface area contributed by atoms with Crippen molar-refractivity contribution in [2.45, 2.75) is 51.8 Å². The molecule has 0 aliphatic carbocycles. The van der Waals surface area contributed by atoms with E-state index in [1.165, 1.54) is 0 Å². The van der Waals surface area contributed by atoms with Crippen LogP contribution >= 0.6 is 23.2 Å². The maximum atomic E-state index is 6.31. The molecular formula is C27H30Cl2N6O. The maximum absolute atomic E-state index is 6.31. The second kappa shape index (κ2) is 9.88. The van der Waals surface area contributed by atoms with Crippen molar-refractivity contribution >= 4 is 39.9 Å². The number of aromatic amines is 1. The zero-order valence-corrected chi connectivity index (χ0v) is 22.4. The van der Waals surface area contributed by atoms with Gasteiger partial charge in [0.15, 0.2) is 0 Å². The molecule has 0 amide bonds. The van der Waals surface area contributed by atoms with E-state index in [2.05, 4.69) is 58.3 Å². The van der Waals surface area contributed by atoms with Crippen molar-refractivity contribution in [1.82, 2.24) is 25.5 Å². The molecule has 1 aliphatic heterocycles. The molecule has 9 heteroatoms. The van der Waals surface area contributed by atoms with Crippen molar-refractivity contribution in [1.29, 1.82) is 0 Å². The zero-order valence-electron chi connectivity index (χ0n) is 20.8. The van der Waals surface area contributed by atoms with Crippen LogP contribution in [0, 0.1) is 0 Å². The summed E-state index contributed by atoms with van der Waals surface area (Å²) < 4.78 is 6.19. The third-order valence-corrected chi connectivity index (χ3v) is 7.38. The lowest BCUT2D eigenvalue weighted by Crippen LogP contribution is -2.69. The first-order valence-electron chi connectivity index (χ1n) is 12.2. The number of nitrogens with one attached hydrogen (secondary N) is 2. The van der Waals surface area contributed by atoms with Crippen LogP contribution in [0.5, 0.6) is 5.75 Å². The van der Waals surface area contributed by atoms with E-state index in [1.54, 1.807) is 12.4 Å². The van der Waals surface area contributed by atoms with Crippen LogP contribution in [0.2, 0.25) is 10.0 Å². The number of hydrogen-bond donors (Lipinski definition) is 2. The van der Waals surface area contributed by atoms with Crippen molar-refractivity contribution in [3.63, 3.8) is 0 Å². The number of halogens is 2. The lowest BCUT2D eigenvalue weighted by Gasteiger charge is -2.50. The highest BCUT2D eigenvalue weighted by Crippen LogP contribution is 2.35. The fraction of sp³-hybridized carbons (Fsp3) is 0.370. The van der Waals surface area contributed by atoms with Crippen molar-refractivity contribution < 1.29 is 4.74 Å². The Kier molecular flexibility index (Phi) is 6.81. The number of benzene rings is 1. The van der Waals surface area contributed by atoms with E-state index in [0.29, 0.717) is 27.4 Å². The molecule has 1 saturated heterocycles. The van der Waals surface area contributed by atoms with Crippen LogP contribution in [-0.4, -0.2) is 44.8 Å². The van der Waals surface area contributed by atoms with E-state index in [-0.39, 0.29) is 11.6 Å². The molecule has 5 rings (SSSR count). The lowest BCUT2D eigenvalue weighted by atomic mass is 9.91. The highest BCUT2D eigenvalue weighted by Gasteiger charge is 2.39. The first-order chi connectivity index (χ1) is 17.3. The summed E-state index contributed by atoms with van der Waals surface area (Å²) in [4.78, 5) is 11.0.